The van der Waals surface area contributed by atoms with Gasteiger partial charge in [0.05, 0.1) is 4.88 Å². The van der Waals surface area contributed by atoms with Crippen LogP contribution < -0.4 is 10.2 Å². The molecular formula is C21H20ClN7S3. The molecule has 5 rings (SSSR count). The van der Waals surface area contributed by atoms with Gasteiger partial charge in [-0.15, -0.1) is 11.3 Å². The quantitative estimate of drug-likeness (QED) is 0.379. The van der Waals surface area contributed by atoms with E-state index in [4.69, 9.17) is 21.6 Å². The predicted molar refractivity (Wildman–Crippen MR) is 134 cm³/mol. The topological polar surface area (TPSA) is 70.1 Å². The van der Waals surface area contributed by atoms with E-state index < -0.39 is 0 Å². The van der Waals surface area contributed by atoms with Crippen LogP contribution in [0.25, 0.3) is 9.75 Å². The van der Waals surface area contributed by atoms with Crippen LogP contribution in [-0.4, -0.2) is 58.1 Å². The largest absolute Gasteiger partial charge is 0.338 e. The number of hydrogen-bond donors (Lipinski definition) is 1. The lowest BCUT2D eigenvalue weighted by Gasteiger charge is -2.32. The molecule has 0 bridgehead atoms. The molecule has 1 saturated heterocycles. The molecule has 0 radical (unpaired) electrons. The molecule has 1 aliphatic heterocycles. The van der Waals surface area contributed by atoms with Crippen LogP contribution >= 0.6 is 46.0 Å². The summed E-state index contributed by atoms with van der Waals surface area (Å²) >= 11 is 10.9. The summed E-state index contributed by atoms with van der Waals surface area (Å²) in [5.41, 5.74) is 0. The van der Waals surface area contributed by atoms with Crippen LogP contribution in [0.15, 0.2) is 58.0 Å². The molecule has 1 N–H and O–H groups in total. The Morgan fingerprint density at radius 3 is 2.69 bits per heavy atom. The number of halogens is 1. The number of benzene rings is 1. The highest BCUT2D eigenvalue weighted by molar-refractivity contribution is 7.99. The smallest absolute Gasteiger partial charge is 0.234 e. The molecule has 0 aliphatic carbocycles. The average molecular weight is 502 g/mol. The molecule has 4 aromatic rings. The molecule has 0 spiro atoms. The number of aromatic nitrogens is 4. The van der Waals surface area contributed by atoms with Crippen molar-refractivity contribution in [2.24, 2.45) is 0 Å². The molecule has 1 aromatic carbocycles. The highest BCUT2D eigenvalue weighted by Crippen LogP contribution is 2.34. The average Bonchev–Trinajstić information content (AvgIpc) is 3.46. The maximum Gasteiger partial charge on any atom is 0.234 e. The third-order valence-electron chi connectivity index (χ3n) is 4.88. The Morgan fingerprint density at radius 2 is 1.91 bits per heavy atom. The van der Waals surface area contributed by atoms with E-state index in [1.807, 2.05) is 36.5 Å². The highest BCUT2D eigenvalue weighted by Gasteiger charge is 2.19. The fourth-order valence-corrected chi connectivity index (χ4v) is 5.88. The highest BCUT2D eigenvalue weighted by atomic mass is 35.5. The monoisotopic (exact) mass is 501 g/mol. The molecule has 0 amide bonds. The van der Waals surface area contributed by atoms with Crippen molar-refractivity contribution in [3.05, 3.63) is 53.0 Å². The summed E-state index contributed by atoms with van der Waals surface area (Å²) in [7, 11) is 2.13. The molecule has 0 unspecified atom stereocenters. The molecule has 164 valence electrons. The van der Waals surface area contributed by atoms with E-state index in [-0.39, 0.29) is 0 Å². The van der Waals surface area contributed by atoms with Crippen LogP contribution in [0.5, 0.6) is 0 Å². The number of nitrogens with zero attached hydrogens (tertiary/aromatic N) is 6. The van der Waals surface area contributed by atoms with E-state index in [0.29, 0.717) is 22.1 Å². The first-order valence-electron chi connectivity index (χ1n) is 10.0. The van der Waals surface area contributed by atoms with Crippen molar-refractivity contribution >= 4 is 63.1 Å². The second-order valence-electron chi connectivity index (χ2n) is 7.22. The van der Waals surface area contributed by atoms with Gasteiger partial charge in [0, 0.05) is 47.2 Å². The van der Waals surface area contributed by atoms with E-state index in [0.717, 1.165) is 41.1 Å². The van der Waals surface area contributed by atoms with E-state index in [2.05, 4.69) is 43.6 Å². The van der Waals surface area contributed by atoms with Crippen LogP contribution in [0.2, 0.25) is 5.02 Å². The van der Waals surface area contributed by atoms with Crippen molar-refractivity contribution in [1.82, 2.24) is 24.8 Å². The first-order chi connectivity index (χ1) is 15.6. The molecule has 0 saturated carbocycles. The Bertz CT molecular complexity index is 1190. The summed E-state index contributed by atoms with van der Waals surface area (Å²) in [4.78, 5) is 26.4. The summed E-state index contributed by atoms with van der Waals surface area (Å²) < 4.78 is 0. The Kier molecular flexibility index (Phi) is 6.56. The van der Waals surface area contributed by atoms with Gasteiger partial charge in [0.15, 0.2) is 10.3 Å². The number of nitrogens with one attached hydrogen (secondary N) is 1. The molecular weight excluding hydrogens is 482 g/mol. The van der Waals surface area contributed by atoms with E-state index in [1.165, 1.54) is 16.6 Å². The number of rotatable bonds is 6. The van der Waals surface area contributed by atoms with Gasteiger partial charge in [-0.1, -0.05) is 35.1 Å². The molecule has 11 heteroatoms. The standard InChI is InChI=1S/C21H20ClN7S3/c1-28-7-9-29(10-8-28)19-24-18(25-20-23-13-17(32-20)16-6-3-11-30-16)26-21(27-19)31-15-5-2-4-14(22)12-15/h2-6,11-13H,7-10H2,1H3,(H,23,24,25,26,27). The van der Waals surface area contributed by atoms with E-state index in [9.17, 15) is 0 Å². The molecule has 7 nitrogen and oxygen atoms in total. The Morgan fingerprint density at radius 1 is 1.03 bits per heavy atom. The normalized spacial score (nSPS) is 14.6. The predicted octanol–water partition coefficient (Wildman–Crippen LogP) is 5.36. The van der Waals surface area contributed by atoms with Gasteiger partial charge in [0.25, 0.3) is 0 Å². The number of thiazole rings is 1. The molecule has 1 fully saturated rings. The summed E-state index contributed by atoms with van der Waals surface area (Å²) in [5, 5.41) is 7.41. The summed E-state index contributed by atoms with van der Waals surface area (Å²) in [5.74, 6) is 1.17. The van der Waals surface area contributed by atoms with Gasteiger partial charge in [0.1, 0.15) is 0 Å². The zero-order valence-electron chi connectivity index (χ0n) is 17.2. The van der Waals surface area contributed by atoms with Crippen LogP contribution in [0.1, 0.15) is 0 Å². The molecule has 1 aliphatic rings. The summed E-state index contributed by atoms with van der Waals surface area (Å²) in [6.07, 6.45) is 1.88. The van der Waals surface area contributed by atoms with Gasteiger partial charge in [-0.25, -0.2) is 4.98 Å². The van der Waals surface area contributed by atoms with Gasteiger partial charge in [0.2, 0.25) is 11.9 Å². The Hall–Kier alpha value is -2.24. The Labute approximate surface area is 203 Å². The molecule has 0 atom stereocenters. The van der Waals surface area contributed by atoms with Crippen molar-refractivity contribution in [3.8, 4) is 9.75 Å². The number of anilines is 3. The Balaban J connectivity index is 1.43. The summed E-state index contributed by atoms with van der Waals surface area (Å²) in [6.45, 7) is 3.70. The van der Waals surface area contributed by atoms with Gasteiger partial charge in [-0.3, -0.25) is 5.32 Å². The van der Waals surface area contributed by atoms with Gasteiger partial charge < -0.3 is 9.80 Å². The van der Waals surface area contributed by atoms with Gasteiger partial charge >= 0.3 is 0 Å². The summed E-state index contributed by atoms with van der Waals surface area (Å²) in [6, 6.07) is 11.8. The second kappa shape index (κ2) is 9.72. The van der Waals surface area contributed by atoms with Crippen LogP contribution in [0.3, 0.4) is 0 Å². The zero-order chi connectivity index (χ0) is 21.9. The lowest BCUT2D eigenvalue weighted by Crippen LogP contribution is -2.45. The number of likely N-dealkylation sites (N-methyl/N-ethyl adjacent to an activating group) is 1. The SMILES string of the molecule is CN1CCN(c2nc(Nc3ncc(-c4cccs4)s3)nc(Sc3cccc(Cl)c3)n2)CC1. The third-order valence-corrected chi connectivity index (χ3v) is 7.95. The van der Waals surface area contributed by atoms with Gasteiger partial charge in [-0.2, -0.15) is 15.0 Å². The minimum atomic E-state index is 0.491. The van der Waals surface area contributed by atoms with Crippen molar-refractivity contribution in [2.45, 2.75) is 10.1 Å². The van der Waals surface area contributed by atoms with Gasteiger partial charge in [-0.05, 0) is 48.5 Å². The number of hydrogen-bond acceptors (Lipinski definition) is 10. The van der Waals surface area contributed by atoms with Crippen molar-refractivity contribution in [2.75, 3.05) is 43.4 Å². The fraction of sp³-hybridized carbons (Fsp3) is 0.238. The zero-order valence-corrected chi connectivity index (χ0v) is 20.4. The fourth-order valence-electron chi connectivity index (χ4n) is 3.19. The van der Waals surface area contributed by atoms with E-state index >= 15 is 0 Å². The first kappa shape index (κ1) is 21.6. The third kappa shape index (κ3) is 5.21. The molecule has 32 heavy (non-hydrogen) atoms. The van der Waals surface area contributed by atoms with Crippen molar-refractivity contribution < 1.29 is 0 Å². The lowest BCUT2D eigenvalue weighted by molar-refractivity contribution is 0.311. The molecule has 3 aromatic heterocycles. The first-order valence-corrected chi connectivity index (χ1v) is 12.9. The second-order valence-corrected chi connectivity index (χ2v) is 10.7. The number of thiophene rings is 1. The van der Waals surface area contributed by atoms with E-state index in [1.54, 1.807) is 22.7 Å². The van der Waals surface area contributed by atoms with Crippen LogP contribution in [0.4, 0.5) is 17.0 Å². The number of piperazine rings is 1. The lowest BCUT2D eigenvalue weighted by atomic mass is 10.3. The van der Waals surface area contributed by atoms with Crippen molar-refractivity contribution in [1.29, 1.82) is 0 Å². The maximum atomic E-state index is 6.16. The molecule has 4 heterocycles. The van der Waals surface area contributed by atoms with Crippen molar-refractivity contribution in [3.63, 3.8) is 0 Å². The van der Waals surface area contributed by atoms with Crippen LogP contribution in [0, 0.1) is 0 Å². The maximum absolute atomic E-state index is 6.16. The minimum Gasteiger partial charge on any atom is -0.338 e. The van der Waals surface area contributed by atoms with Crippen LogP contribution in [-0.2, 0) is 0 Å². The minimum absolute atomic E-state index is 0.491.